The molecule has 0 bridgehead atoms. The monoisotopic (exact) mass is 360 g/mol. The number of benzene rings is 1. The minimum Gasteiger partial charge on any atom is -0.390 e. The Morgan fingerprint density at radius 1 is 1.39 bits per heavy atom. The van der Waals surface area contributed by atoms with Gasteiger partial charge in [0.2, 0.25) is 0 Å². The van der Waals surface area contributed by atoms with E-state index in [-0.39, 0.29) is 12.1 Å². The van der Waals surface area contributed by atoms with Crippen LogP contribution in [-0.4, -0.2) is 34.7 Å². The minimum atomic E-state index is -0.661. The van der Waals surface area contributed by atoms with Crippen LogP contribution < -0.4 is 5.32 Å². The molecule has 23 heavy (non-hydrogen) atoms. The van der Waals surface area contributed by atoms with Gasteiger partial charge in [0.25, 0.3) is 0 Å². The Morgan fingerprint density at radius 2 is 2.04 bits per heavy atom. The van der Waals surface area contributed by atoms with Crippen molar-refractivity contribution in [3.8, 4) is 0 Å². The summed E-state index contributed by atoms with van der Waals surface area (Å²) >= 11 is 12.0. The fourth-order valence-electron chi connectivity index (χ4n) is 2.21. The fourth-order valence-corrected chi connectivity index (χ4v) is 2.68. The molecular formula is C17H26Cl2N2O2. The maximum absolute atomic E-state index is 12.2. The molecule has 2 amide bonds. The second-order valence-electron chi connectivity index (χ2n) is 6.65. The van der Waals surface area contributed by atoms with Crippen LogP contribution in [0.25, 0.3) is 0 Å². The molecule has 0 saturated carbocycles. The number of nitrogens with one attached hydrogen (secondary N) is 1. The van der Waals surface area contributed by atoms with Crippen molar-refractivity contribution in [2.45, 2.75) is 58.2 Å². The fraction of sp³-hybridized carbons (Fsp3) is 0.588. The molecule has 0 aliphatic carbocycles. The average Bonchev–Trinajstić information content (AvgIpc) is 2.40. The zero-order valence-corrected chi connectivity index (χ0v) is 15.7. The van der Waals surface area contributed by atoms with E-state index in [4.69, 9.17) is 23.2 Å². The van der Waals surface area contributed by atoms with E-state index >= 15 is 0 Å². The van der Waals surface area contributed by atoms with E-state index in [0.717, 1.165) is 18.4 Å². The van der Waals surface area contributed by atoms with E-state index in [2.05, 4.69) is 5.32 Å². The molecule has 0 spiro atoms. The van der Waals surface area contributed by atoms with Crippen molar-refractivity contribution < 1.29 is 9.90 Å². The van der Waals surface area contributed by atoms with Crippen LogP contribution in [0.3, 0.4) is 0 Å². The van der Waals surface area contributed by atoms with Crippen LogP contribution in [0.4, 0.5) is 4.79 Å². The van der Waals surface area contributed by atoms with E-state index in [1.54, 1.807) is 37.9 Å². The number of halogens is 2. The maximum atomic E-state index is 12.2. The highest BCUT2D eigenvalue weighted by Gasteiger charge is 2.16. The van der Waals surface area contributed by atoms with Gasteiger partial charge in [0, 0.05) is 29.7 Å². The van der Waals surface area contributed by atoms with E-state index in [9.17, 15) is 9.90 Å². The number of carbonyl (C=O) groups is 1. The van der Waals surface area contributed by atoms with E-state index in [1.807, 2.05) is 13.0 Å². The molecule has 1 atom stereocenters. The van der Waals surface area contributed by atoms with Crippen LogP contribution >= 0.6 is 23.2 Å². The molecule has 6 heteroatoms. The first-order chi connectivity index (χ1) is 10.6. The molecule has 0 unspecified atom stereocenters. The quantitative estimate of drug-likeness (QED) is 0.753. The molecule has 1 aromatic carbocycles. The third-order valence-corrected chi connectivity index (χ3v) is 4.15. The van der Waals surface area contributed by atoms with Crippen molar-refractivity contribution in [3.63, 3.8) is 0 Å². The summed E-state index contributed by atoms with van der Waals surface area (Å²) < 4.78 is 0. The minimum absolute atomic E-state index is 0.0491. The molecule has 130 valence electrons. The van der Waals surface area contributed by atoms with Crippen molar-refractivity contribution in [2.24, 2.45) is 0 Å². The Balaban J connectivity index is 2.44. The summed E-state index contributed by atoms with van der Waals surface area (Å²) in [7, 11) is 1.73. The van der Waals surface area contributed by atoms with Gasteiger partial charge < -0.3 is 15.3 Å². The van der Waals surface area contributed by atoms with Gasteiger partial charge in [-0.15, -0.1) is 0 Å². The van der Waals surface area contributed by atoms with Gasteiger partial charge in [-0.25, -0.2) is 4.79 Å². The van der Waals surface area contributed by atoms with Gasteiger partial charge in [-0.1, -0.05) is 29.3 Å². The molecule has 0 radical (unpaired) electrons. The lowest BCUT2D eigenvalue weighted by molar-refractivity contribution is 0.0676. The average molecular weight is 361 g/mol. The Hall–Kier alpha value is -0.970. The highest BCUT2D eigenvalue weighted by Crippen LogP contribution is 2.22. The molecule has 2 N–H and O–H groups in total. The van der Waals surface area contributed by atoms with Crippen molar-refractivity contribution >= 4 is 29.2 Å². The Labute approximate surface area is 148 Å². The zero-order chi connectivity index (χ0) is 17.6. The first kappa shape index (κ1) is 20.1. The molecular weight excluding hydrogens is 335 g/mol. The van der Waals surface area contributed by atoms with Gasteiger partial charge in [0.15, 0.2) is 0 Å². The number of aliphatic hydroxyl groups is 1. The lowest BCUT2D eigenvalue weighted by Gasteiger charge is -2.23. The summed E-state index contributed by atoms with van der Waals surface area (Å²) in [5, 5.41) is 13.8. The zero-order valence-electron chi connectivity index (χ0n) is 14.2. The summed E-state index contributed by atoms with van der Waals surface area (Å²) in [6.45, 7) is 5.96. The summed E-state index contributed by atoms with van der Waals surface area (Å²) in [4.78, 5) is 13.8. The van der Waals surface area contributed by atoms with Gasteiger partial charge in [0.05, 0.1) is 5.60 Å². The smallest absolute Gasteiger partial charge is 0.317 e. The van der Waals surface area contributed by atoms with Gasteiger partial charge >= 0.3 is 6.03 Å². The van der Waals surface area contributed by atoms with Crippen molar-refractivity contribution in [1.82, 2.24) is 10.2 Å². The molecule has 0 saturated heterocycles. The van der Waals surface area contributed by atoms with Gasteiger partial charge in [-0.05, 0) is 57.7 Å². The number of carbonyl (C=O) groups excluding carboxylic acids is 1. The number of hydrogen-bond acceptors (Lipinski definition) is 2. The van der Waals surface area contributed by atoms with Crippen molar-refractivity contribution in [1.29, 1.82) is 0 Å². The Morgan fingerprint density at radius 3 is 2.61 bits per heavy atom. The summed E-state index contributed by atoms with van der Waals surface area (Å²) in [5.74, 6) is 0. The first-order valence-electron chi connectivity index (χ1n) is 7.76. The van der Waals surface area contributed by atoms with Crippen molar-refractivity contribution in [3.05, 3.63) is 33.8 Å². The van der Waals surface area contributed by atoms with Crippen LogP contribution in [0.5, 0.6) is 0 Å². The van der Waals surface area contributed by atoms with Crippen LogP contribution in [0, 0.1) is 0 Å². The predicted molar refractivity (Wildman–Crippen MR) is 96.1 cm³/mol. The largest absolute Gasteiger partial charge is 0.390 e. The van der Waals surface area contributed by atoms with E-state index < -0.39 is 5.60 Å². The molecule has 1 aromatic rings. The van der Waals surface area contributed by atoms with Crippen molar-refractivity contribution in [2.75, 3.05) is 7.05 Å². The standard InChI is InChI=1S/C17H26Cl2N2O2/c1-12(6-5-9-17(2,3)23)20-16(22)21(4)11-13-7-8-14(18)10-15(13)19/h7-8,10,12,23H,5-6,9,11H2,1-4H3,(H,20,22)/t12-/m0/s1. The number of urea groups is 1. The van der Waals surface area contributed by atoms with Crippen LogP contribution in [0.2, 0.25) is 10.0 Å². The molecule has 0 fully saturated rings. The highest BCUT2D eigenvalue weighted by molar-refractivity contribution is 6.35. The van der Waals surface area contributed by atoms with Gasteiger partial charge in [0.1, 0.15) is 0 Å². The molecule has 0 aliphatic rings. The second kappa shape index (κ2) is 8.76. The van der Waals surface area contributed by atoms with Crippen LogP contribution in [0.1, 0.15) is 45.6 Å². The summed E-state index contributed by atoms with van der Waals surface area (Å²) in [6.07, 6.45) is 2.40. The third-order valence-electron chi connectivity index (χ3n) is 3.56. The number of rotatable bonds is 7. The molecule has 1 rings (SSSR count). The van der Waals surface area contributed by atoms with Gasteiger partial charge in [-0.3, -0.25) is 0 Å². The third kappa shape index (κ3) is 7.91. The van der Waals surface area contributed by atoms with E-state index in [0.29, 0.717) is 23.0 Å². The lowest BCUT2D eigenvalue weighted by atomic mass is 10.00. The predicted octanol–water partition coefficient (Wildman–Crippen LogP) is 4.46. The molecule has 0 aromatic heterocycles. The lowest BCUT2D eigenvalue weighted by Crippen LogP contribution is -2.41. The summed E-state index contributed by atoms with van der Waals surface area (Å²) in [6, 6.07) is 5.15. The SMILES string of the molecule is C[C@@H](CCCC(C)(C)O)NC(=O)N(C)Cc1ccc(Cl)cc1Cl. The van der Waals surface area contributed by atoms with Gasteiger partial charge in [-0.2, -0.15) is 0 Å². The molecule has 0 aliphatic heterocycles. The maximum Gasteiger partial charge on any atom is 0.317 e. The topological polar surface area (TPSA) is 52.6 Å². The van der Waals surface area contributed by atoms with Crippen LogP contribution in [0.15, 0.2) is 18.2 Å². The molecule has 4 nitrogen and oxygen atoms in total. The Bertz CT molecular complexity index is 530. The normalized spacial score (nSPS) is 12.8. The number of amides is 2. The van der Waals surface area contributed by atoms with E-state index in [1.165, 1.54) is 0 Å². The Kier molecular flexibility index (Phi) is 7.65. The van der Waals surface area contributed by atoms with Crippen LogP contribution in [-0.2, 0) is 6.54 Å². The first-order valence-corrected chi connectivity index (χ1v) is 8.52. The number of hydrogen-bond donors (Lipinski definition) is 2. The highest BCUT2D eigenvalue weighted by atomic mass is 35.5. The number of nitrogens with zero attached hydrogens (tertiary/aromatic N) is 1. The summed E-state index contributed by atoms with van der Waals surface area (Å²) in [5.41, 5.74) is 0.190. The second-order valence-corrected chi connectivity index (χ2v) is 7.49. The molecule has 0 heterocycles.